The topological polar surface area (TPSA) is 67.1 Å². The second kappa shape index (κ2) is 5.10. The number of aryl methyl sites for hydroxylation is 1. The minimum absolute atomic E-state index is 0.435. The molecule has 0 spiro atoms. The summed E-state index contributed by atoms with van der Waals surface area (Å²) in [4.78, 5) is 11.0. The van der Waals surface area contributed by atoms with E-state index >= 15 is 0 Å². The molecule has 0 amide bonds. The lowest BCUT2D eigenvalue weighted by molar-refractivity contribution is 0.325. The second-order valence-electron chi connectivity index (χ2n) is 5.85. The summed E-state index contributed by atoms with van der Waals surface area (Å²) >= 11 is 0. The monoisotopic (exact) mass is 249 g/mol. The third-order valence-electron chi connectivity index (χ3n) is 3.71. The first kappa shape index (κ1) is 13.1. The SMILES string of the molecule is Cc1cnc(NN)nc1N1CCCC(C)(C)CC1. The number of hydrogen-bond donors (Lipinski definition) is 2. The Hall–Kier alpha value is -1.36. The minimum atomic E-state index is 0.435. The van der Waals surface area contributed by atoms with E-state index in [4.69, 9.17) is 5.84 Å². The summed E-state index contributed by atoms with van der Waals surface area (Å²) < 4.78 is 0. The lowest BCUT2D eigenvalue weighted by Crippen LogP contribution is -2.27. The van der Waals surface area contributed by atoms with Crippen LogP contribution >= 0.6 is 0 Å². The molecule has 1 aliphatic rings. The Bertz CT molecular complexity index is 416. The Morgan fingerprint density at radius 1 is 1.33 bits per heavy atom. The first-order chi connectivity index (χ1) is 8.52. The van der Waals surface area contributed by atoms with Gasteiger partial charge in [-0.15, -0.1) is 0 Å². The van der Waals surface area contributed by atoms with Crippen LogP contribution < -0.4 is 16.2 Å². The maximum absolute atomic E-state index is 5.38. The van der Waals surface area contributed by atoms with Crippen LogP contribution in [0.3, 0.4) is 0 Å². The number of anilines is 2. The van der Waals surface area contributed by atoms with Gasteiger partial charge in [-0.05, 0) is 31.6 Å². The number of nitrogens with one attached hydrogen (secondary N) is 1. The number of nitrogens with two attached hydrogens (primary N) is 1. The van der Waals surface area contributed by atoms with E-state index in [-0.39, 0.29) is 0 Å². The third kappa shape index (κ3) is 2.90. The molecule has 0 atom stereocenters. The molecule has 1 fully saturated rings. The van der Waals surface area contributed by atoms with Crippen LogP contribution in [0.15, 0.2) is 6.20 Å². The van der Waals surface area contributed by atoms with Crippen molar-refractivity contribution in [1.29, 1.82) is 0 Å². The smallest absolute Gasteiger partial charge is 0.239 e. The summed E-state index contributed by atoms with van der Waals surface area (Å²) in [5, 5.41) is 0. The van der Waals surface area contributed by atoms with Crippen LogP contribution in [0, 0.1) is 12.3 Å². The molecule has 5 heteroatoms. The number of nitrogens with zero attached hydrogens (tertiary/aromatic N) is 3. The zero-order valence-corrected chi connectivity index (χ0v) is 11.5. The number of hydrogen-bond acceptors (Lipinski definition) is 5. The van der Waals surface area contributed by atoms with Gasteiger partial charge in [0.25, 0.3) is 0 Å². The van der Waals surface area contributed by atoms with E-state index < -0.39 is 0 Å². The highest BCUT2D eigenvalue weighted by atomic mass is 15.3. The number of nitrogen functional groups attached to an aromatic ring is 1. The fourth-order valence-electron chi connectivity index (χ4n) is 2.46. The maximum atomic E-state index is 5.38. The molecule has 1 aromatic rings. The zero-order chi connectivity index (χ0) is 13.2. The summed E-state index contributed by atoms with van der Waals surface area (Å²) in [5.41, 5.74) is 4.06. The number of hydrazine groups is 1. The van der Waals surface area contributed by atoms with E-state index in [9.17, 15) is 0 Å². The van der Waals surface area contributed by atoms with Crippen molar-refractivity contribution in [3.63, 3.8) is 0 Å². The predicted octanol–water partition coefficient (Wildman–Crippen LogP) is 2.09. The van der Waals surface area contributed by atoms with Crippen LogP contribution in [0.4, 0.5) is 11.8 Å². The highest BCUT2D eigenvalue weighted by Crippen LogP contribution is 2.31. The standard InChI is InChI=1S/C13H23N5/c1-10-9-15-12(17-14)16-11(10)18-7-4-5-13(2,3)6-8-18/h9H,4-8,14H2,1-3H3,(H,15,16,17). The Labute approximate surface area is 109 Å². The molecule has 2 rings (SSSR count). The van der Waals surface area contributed by atoms with Crippen LogP contribution in [0.25, 0.3) is 0 Å². The molecule has 1 aromatic heterocycles. The molecule has 2 heterocycles. The normalized spacial score (nSPS) is 19.4. The summed E-state index contributed by atoms with van der Waals surface area (Å²) in [6.07, 6.45) is 5.51. The second-order valence-corrected chi connectivity index (χ2v) is 5.85. The van der Waals surface area contributed by atoms with E-state index in [0.29, 0.717) is 11.4 Å². The molecule has 18 heavy (non-hydrogen) atoms. The van der Waals surface area contributed by atoms with Gasteiger partial charge in [0.05, 0.1) is 0 Å². The molecule has 100 valence electrons. The van der Waals surface area contributed by atoms with Crippen LogP contribution in [0.2, 0.25) is 0 Å². The van der Waals surface area contributed by atoms with Gasteiger partial charge in [-0.25, -0.2) is 10.8 Å². The van der Waals surface area contributed by atoms with E-state index in [1.165, 1.54) is 19.3 Å². The molecule has 0 radical (unpaired) electrons. The molecule has 5 nitrogen and oxygen atoms in total. The minimum Gasteiger partial charge on any atom is -0.356 e. The fourth-order valence-corrected chi connectivity index (χ4v) is 2.46. The van der Waals surface area contributed by atoms with Gasteiger partial charge in [0, 0.05) is 24.8 Å². The van der Waals surface area contributed by atoms with E-state index in [1.807, 2.05) is 13.1 Å². The van der Waals surface area contributed by atoms with Crippen LogP contribution in [-0.4, -0.2) is 23.1 Å². The van der Waals surface area contributed by atoms with Gasteiger partial charge < -0.3 is 4.90 Å². The van der Waals surface area contributed by atoms with Crippen molar-refractivity contribution < 1.29 is 0 Å². The van der Waals surface area contributed by atoms with Gasteiger partial charge in [0.1, 0.15) is 5.82 Å². The average molecular weight is 249 g/mol. The average Bonchev–Trinajstić information content (AvgIpc) is 2.51. The van der Waals surface area contributed by atoms with Crippen molar-refractivity contribution in [3.8, 4) is 0 Å². The third-order valence-corrected chi connectivity index (χ3v) is 3.71. The molecule has 0 aromatic carbocycles. The molecule has 0 saturated carbocycles. The molecular weight excluding hydrogens is 226 g/mol. The quantitative estimate of drug-likeness (QED) is 0.620. The molecule has 0 unspecified atom stereocenters. The lowest BCUT2D eigenvalue weighted by Gasteiger charge is -2.25. The highest BCUT2D eigenvalue weighted by Gasteiger charge is 2.24. The van der Waals surface area contributed by atoms with Gasteiger partial charge in [0.2, 0.25) is 5.95 Å². The Morgan fingerprint density at radius 2 is 2.11 bits per heavy atom. The predicted molar refractivity (Wildman–Crippen MR) is 74.4 cm³/mol. The van der Waals surface area contributed by atoms with E-state index in [2.05, 4.69) is 34.1 Å². The summed E-state index contributed by atoms with van der Waals surface area (Å²) in [5.74, 6) is 6.87. The highest BCUT2D eigenvalue weighted by molar-refractivity contribution is 5.48. The van der Waals surface area contributed by atoms with Crippen LogP contribution in [-0.2, 0) is 0 Å². The largest absolute Gasteiger partial charge is 0.356 e. The first-order valence-corrected chi connectivity index (χ1v) is 6.57. The van der Waals surface area contributed by atoms with E-state index in [0.717, 1.165) is 24.5 Å². The molecule has 3 N–H and O–H groups in total. The molecule has 0 aliphatic carbocycles. The number of aromatic nitrogens is 2. The molecule has 0 bridgehead atoms. The van der Waals surface area contributed by atoms with Gasteiger partial charge in [-0.3, -0.25) is 5.43 Å². The molecule has 1 saturated heterocycles. The Morgan fingerprint density at radius 3 is 2.83 bits per heavy atom. The Balaban J connectivity index is 2.20. The van der Waals surface area contributed by atoms with Crippen molar-refractivity contribution in [2.45, 2.75) is 40.0 Å². The van der Waals surface area contributed by atoms with Crippen molar-refractivity contribution >= 4 is 11.8 Å². The number of rotatable bonds is 2. The summed E-state index contributed by atoms with van der Waals surface area (Å²) in [7, 11) is 0. The van der Waals surface area contributed by atoms with Gasteiger partial charge >= 0.3 is 0 Å². The Kier molecular flexibility index (Phi) is 3.71. The van der Waals surface area contributed by atoms with Gasteiger partial charge in [-0.1, -0.05) is 13.8 Å². The van der Waals surface area contributed by atoms with Gasteiger partial charge in [0.15, 0.2) is 0 Å². The van der Waals surface area contributed by atoms with Crippen LogP contribution in [0.1, 0.15) is 38.7 Å². The van der Waals surface area contributed by atoms with E-state index in [1.54, 1.807) is 0 Å². The van der Waals surface area contributed by atoms with Crippen LogP contribution in [0.5, 0.6) is 0 Å². The van der Waals surface area contributed by atoms with Crippen molar-refractivity contribution in [3.05, 3.63) is 11.8 Å². The summed E-state index contributed by atoms with van der Waals surface area (Å²) in [6.45, 7) is 8.85. The van der Waals surface area contributed by atoms with Crippen molar-refractivity contribution in [2.24, 2.45) is 11.3 Å². The molecular formula is C13H23N5. The molecule has 1 aliphatic heterocycles. The van der Waals surface area contributed by atoms with Crippen molar-refractivity contribution in [2.75, 3.05) is 23.4 Å². The first-order valence-electron chi connectivity index (χ1n) is 6.57. The fraction of sp³-hybridized carbons (Fsp3) is 0.692. The maximum Gasteiger partial charge on any atom is 0.239 e. The van der Waals surface area contributed by atoms with Gasteiger partial charge in [-0.2, -0.15) is 4.98 Å². The lowest BCUT2D eigenvalue weighted by atomic mass is 9.85. The zero-order valence-electron chi connectivity index (χ0n) is 11.5. The summed E-state index contributed by atoms with van der Waals surface area (Å²) in [6, 6.07) is 0. The van der Waals surface area contributed by atoms with Crippen molar-refractivity contribution in [1.82, 2.24) is 9.97 Å².